The summed E-state index contributed by atoms with van der Waals surface area (Å²) in [5, 5.41) is 12.3. The molecule has 1 aliphatic carbocycles. The van der Waals surface area contributed by atoms with Crippen molar-refractivity contribution in [2.45, 2.75) is 50.1 Å². The van der Waals surface area contributed by atoms with Crippen LogP contribution in [0.15, 0.2) is 29.4 Å². The predicted octanol–water partition coefficient (Wildman–Crippen LogP) is 3.94. The number of para-hydroxylation sites is 1. The molecule has 1 aliphatic rings. The number of nitrogens with one attached hydrogen (secondary N) is 1. The Morgan fingerprint density at radius 2 is 2.12 bits per heavy atom. The van der Waals surface area contributed by atoms with E-state index in [4.69, 9.17) is 0 Å². The van der Waals surface area contributed by atoms with Crippen LogP contribution in [0.4, 0.5) is 5.69 Å². The van der Waals surface area contributed by atoms with E-state index in [0.717, 1.165) is 23.1 Å². The highest BCUT2D eigenvalue weighted by atomic mass is 32.2. The molecule has 6 heteroatoms. The quantitative estimate of drug-likeness (QED) is 0.773. The van der Waals surface area contributed by atoms with Crippen molar-refractivity contribution in [1.82, 2.24) is 14.8 Å². The lowest BCUT2D eigenvalue weighted by molar-refractivity contribution is -0.113. The van der Waals surface area contributed by atoms with Gasteiger partial charge in [-0.15, -0.1) is 10.2 Å². The molecule has 1 aromatic carbocycles. The highest BCUT2D eigenvalue weighted by molar-refractivity contribution is 7.99. The van der Waals surface area contributed by atoms with Crippen LogP contribution in [-0.4, -0.2) is 26.4 Å². The molecule has 0 unspecified atom stereocenters. The van der Waals surface area contributed by atoms with Gasteiger partial charge in [0.25, 0.3) is 0 Å². The third kappa shape index (κ3) is 3.80. The molecule has 128 valence electrons. The van der Waals surface area contributed by atoms with Gasteiger partial charge in [-0.05, 0) is 36.8 Å². The first-order valence-corrected chi connectivity index (χ1v) is 9.49. The number of hydrogen-bond donors (Lipinski definition) is 1. The van der Waals surface area contributed by atoms with Gasteiger partial charge >= 0.3 is 0 Å². The molecule has 0 spiro atoms. The summed E-state index contributed by atoms with van der Waals surface area (Å²) >= 11 is 1.44. The minimum absolute atomic E-state index is 0.00766. The van der Waals surface area contributed by atoms with Crippen molar-refractivity contribution in [3.05, 3.63) is 35.7 Å². The number of hydrogen-bond acceptors (Lipinski definition) is 4. The summed E-state index contributed by atoms with van der Waals surface area (Å²) in [7, 11) is 1.98. The van der Waals surface area contributed by atoms with Gasteiger partial charge in [-0.2, -0.15) is 0 Å². The molecule has 1 amide bonds. The highest BCUT2D eigenvalue weighted by Gasteiger charge is 2.29. The van der Waals surface area contributed by atoms with Crippen LogP contribution in [0.2, 0.25) is 0 Å². The van der Waals surface area contributed by atoms with E-state index in [1.807, 2.05) is 29.8 Å². The fourth-order valence-electron chi connectivity index (χ4n) is 2.73. The predicted molar refractivity (Wildman–Crippen MR) is 97.5 cm³/mol. The Kier molecular flexibility index (Phi) is 5.23. The van der Waals surface area contributed by atoms with Crippen molar-refractivity contribution in [3.63, 3.8) is 0 Å². The fraction of sp³-hybridized carbons (Fsp3) is 0.500. The molecule has 5 nitrogen and oxygen atoms in total. The van der Waals surface area contributed by atoms with E-state index in [9.17, 15) is 4.79 Å². The van der Waals surface area contributed by atoms with Gasteiger partial charge in [0.2, 0.25) is 5.91 Å². The lowest BCUT2D eigenvalue weighted by atomic mass is 9.97. The average molecular weight is 344 g/mol. The zero-order valence-corrected chi connectivity index (χ0v) is 15.3. The van der Waals surface area contributed by atoms with Crippen LogP contribution in [0.25, 0.3) is 0 Å². The molecule has 24 heavy (non-hydrogen) atoms. The number of nitrogens with zero attached hydrogens (tertiary/aromatic N) is 3. The summed E-state index contributed by atoms with van der Waals surface area (Å²) in [6, 6.07) is 8.03. The topological polar surface area (TPSA) is 59.8 Å². The second kappa shape index (κ2) is 7.38. The molecule has 3 rings (SSSR count). The molecule has 0 saturated heterocycles. The average Bonchev–Trinajstić information content (AvgIpc) is 3.36. The van der Waals surface area contributed by atoms with Gasteiger partial charge in [-0.25, -0.2) is 0 Å². The van der Waals surface area contributed by atoms with E-state index >= 15 is 0 Å². The maximum atomic E-state index is 12.3. The number of benzene rings is 1. The lowest BCUT2D eigenvalue weighted by Gasteiger charge is -2.15. The molecule has 1 atom stereocenters. The summed E-state index contributed by atoms with van der Waals surface area (Å²) in [5.41, 5.74) is 2.10. The highest BCUT2D eigenvalue weighted by Crippen LogP contribution is 2.39. The van der Waals surface area contributed by atoms with Gasteiger partial charge < -0.3 is 9.88 Å². The fourth-order valence-corrected chi connectivity index (χ4v) is 3.44. The largest absolute Gasteiger partial charge is 0.325 e. The van der Waals surface area contributed by atoms with Gasteiger partial charge in [0, 0.05) is 18.7 Å². The second-order valence-corrected chi connectivity index (χ2v) is 7.35. The summed E-state index contributed by atoms with van der Waals surface area (Å²) in [5.74, 6) is 2.36. The van der Waals surface area contributed by atoms with Gasteiger partial charge in [-0.3, -0.25) is 4.79 Å². The van der Waals surface area contributed by atoms with E-state index in [1.54, 1.807) is 0 Å². The molecule has 0 aliphatic heterocycles. The van der Waals surface area contributed by atoms with E-state index in [2.05, 4.69) is 35.4 Å². The van der Waals surface area contributed by atoms with Gasteiger partial charge in [0.1, 0.15) is 5.82 Å². The minimum Gasteiger partial charge on any atom is -0.325 e. The summed E-state index contributed by atoms with van der Waals surface area (Å²) < 4.78 is 2.02. The monoisotopic (exact) mass is 344 g/mol. The number of thioether (sulfide) groups is 1. The first-order chi connectivity index (χ1) is 11.6. The van der Waals surface area contributed by atoms with Gasteiger partial charge in [0.05, 0.1) is 5.75 Å². The Hall–Kier alpha value is -1.82. The molecule has 1 aromatic heterocycles. The van der Waals surface area contributed by atoms with Crippen LogP contribution in [0.1, 0.15) is 56.3 Å². The van der Waals surface area contributed by atoms with E-state index in [0.29, 0.717) is 17.6 Å². The van der Waals surface area contributed by atoms with Crippen LogP contribution in [0.3, 0.4) is 0 Å². The Morgan fingerprint density at radius 3 is 2.83 bits per heavy atom. The van der Waals surface area contributed by atoms with Gasteiger partial charge in [-0.1, -0.05) is 43.8 Å². The standard InChI is InChI=1S/C18H24N4OS/c1-4-12(2)14-7-5-6-8-15(14)19-16(23)11-24-18-21-20-17(22(18)3)13-9-10-13/h5-8,12-13H,4,9-11H2,1-3H3,(H,19,23)/t12-/m1/s1. The maximum Gasteiger partial charge on any atom is 0.234 e. The Bertz CT molecular complexity index is 724. The number of aromatic nitrogens is 3. The zero-order valence-electron chi connectivity index (χ0n) is 14.5. The van der Waals surface area contributed by atoms with Gasteiger partial charge in [0.15, 0.2) is 5.16 Å². The Labute approximate surface area is 147 Å². The molecular formula is C18H24N4OS. The SMILES string of the molecule is CC[C@@H](C)c1ccccc1NC(=O)CSc1nnc(C2CC2)n1C. The molecule has 2 aromatic rings. The smallest absolute Gasteiger partial charge is 0.234 e. The van der Waals surface area contributed by atoms with Crippen molar-refractivity contribution < 1.29 is 4.79 Å². The molecule has 1 saturated carbocycles. The normalized spacial score (nSPS) is 15.3. The van der Waals surface area contributed by atoms with Crippen molar-refractivity contribution in [2.24, 2.45) is 7.05 Å². The first-order valence-electron chi connectivity index (χ1n) is 8.51. The number of carbonyl (C=O) groups is 1. The number of anilines is 1. The molecule has 1 fully saturated rings. The Morgan fingerprint density at radius 1 is 1.38 bits per heavy atom. The minimum atomic E-state index is -0.00766. The molecule has 1 heterocycles. The molecule has 0 bridgehead atoms. The second-order valence-electron chi connectivity index (χ2n) is 6.41. The number of carbonyl (C=O) groups excluding carboxylic acids is 1. The Balaban J connectivity index is 1.60. The summed E-state index contributed by atoms with van der Waals surface area (Å²) in [4.78, 5) is 12.3. The van der Waals surface area contributed by atoms with E-state index < -0.39 is 0 Å². The van der Waals surface area contributed by atoms with Crippen molar-refractivity contribution in [3.8, 4) is 0 Å². The van der Waals surface area contributed by atoms with E-state index in [1.165, 1.54) is 30.2 Å². The van der Waals surface area contributed by atoms with Crippen LogP contribution in [-0.2, 0) is 11.8 Å². The van der Waals surface area contributed by atoms with Crippen LogP contribution in [0.5, 0.6) is 0 Å². The molecule has 1 N–H and O–H groups in total. The number of amides is 1. The van der Waals surface area contributed by atoms with Crippen molar-refractivity contribution in [1.29, 1.82) is 0 Å². The van der Waals surface area contributed by atoms with Crippen molar-refractivity contribution in [2.75, 3.05) is 11.1 Å². The van der Waals surface area contributed by atoms with Crippen molar-refractivity contribution >= 4 is 23.4 Å². The lowest BCUT2D eigenvalue weighted by Crippen LogP contribution is -2.16. The molecular weight excluding hydrogens is 320 g/mol. The zero-order chi connectivity index (χ0) is 17.1. The first kappa shape index (κ1) is 17.0. The van der Waals surface area contributed by atoms with Crippen LogP contribution < -0.4 is 5.32 Å². The van der Waals surface area contributed by atoms with E-state index in [-0.39, 0.29) is 5.91 Å². The third-order valence-electron chi connectivity index (χ3n) is 4.52. The summed E-state index contributed by atoms with van der Waals surface area (Å²) in [6.45, 7) is 4.34. The number of rotatable bonds is 7. The van der Waals surface area contributed by atoms with Crippen LogP contribution >= 0.6 is 11.8 Å². The summed E-state index contributed by atoms with van der Waals surface area (Å²) in [6.07, 6.45) is 3.44. The van der Waals surface area contributed by atoms with Crippen LogP contribution in [0, 0.1) is 0 Å². The maximum absolute atomic E-state index is 12.3. The third-order valence-corrected chi connectivity index (χ3v) is 5.54. The molecule has 0 radical (unpaired) electrons.